The van der Waals surface area contributed by atoms with Gasteiger partial charge in [-0.05, 0) is 5.56 Å². The highest BCUT2D eigenvalue weighted by atomic mass is 19.3. The molecule has 1 aromatic carbocycles. The zero-order valence-corrected chi connectivity index (χ0v) is 6.65. The molecule has 1 rings (SSSR count). The summed E-state index contributed by atoms with van der Waals surface area (Å²) in [7, 11) is 0. The minimum atomic E-state index is -2.88. The van der Waals surface area contributed by atoms with Crippen molar-refractivity contribution in [1.82, 2.24) is 0 Å². The van der Waals surface area contributed by atoms with Crippen molar-refractivity contribution in [3.05, 3.63) is 35.9 Å². The van der Waals surface area contributed by atoms with E-state index in [9.17, 15) is 13.6 Å². The molecule has 1 atom stereocenters. The van der Waals surface area contributed by atoms with E-state index in [2.05, 4.69) is 0 Å². The highest BCUT2D eigenvalue weighted by Crippen LogP contribution is 2.22. The third-order valence-corrected chi connectivity index (χ3v) is 1.68. The Balaban J connectivity index is 2.96. The summed E-state index contributed by atoms with van der Waals surface area (Å²) in [6, 6.07) is 7.48. The van der Waals surface area contributed by atoms with Crippen LogP contribution in [0.5, 0.6) is 0 Å². The van der Waals surface area contributed by atoms with Gasteiger partial charge in [0.05, 0.1) is 0 Å². The molecule has 0 radical (unpaired) electrons. The molecule has 0 amide bonds. The first-order chi connectivity index (χ1) is 6.13. The van der Waals surface area contributed by atoms with Crippen LogP contribution < -0.4 is 0 Å². The topological polar surface area (TPSA) is 37.3 Å². The summed E-state index contributed by atoms with van der Waals surface area (Å²) in [5, 5.41) is 8.52. The third kappa shape index (κ3) is 2.24. The van der Waals surface area contributed by atoms with Gasteiger partial charge >= 0.3 is 5.97 Å². The Morgan fingerprint density at radius 1 is 1.23 bits per heavy atom. The van der Waals surface area contributed by atoms with Crippen molar-refractivity contribution in [2.24, 2.45) is 0 Å². The van der Waals surface area contributed by atoms with Crippen LogP contribution in [0.1, 0.15) is 11.5 Å². The first kappa shape index (κ1) is 9.64. The molecule has 13 heavy (non-hydrogen) atoms. The fourth-order valence-corrected chi connectivity index (χ4v) is 1.06. The number of hydrogen-bond acceptors (Lipinski definition) is 1. The van der Waals surface area contributed by atoms with Gasteiger partial charge in [-0.2, -0.15) is 0 Å². The summed E-state index contributed by atoms with van der Waals surface area (Å²) in [6.45, 7) is 0. The van der Waals surface area contributed by atoms with Crippen LogP contribution in [-0.2, 0) is 4.79 Å². The van der Waals surface area contributed by atoms with Crippen molar-refractivity contribution < 1.29 is 18.7 Å². The van der Waals surface area contributed by atoms with Gasteiger partial charge in [0.25, 0.3) is 6.43 Å². The van der Waals surface area contributed by atoms with E-state index in [0.717, 1.165) is 0 Å². The van der Waals surface area contributed by atoms with E-state index in [-0.39, 0.29) is 5.56 Å². The SMILES string of the molecule is O=C(O)C(c1ccccc1)C(F)F. The molecule has 0 aromatic heterocycles. The van der Waals surface area contributed by atoms with Crippen molar-refractivity contribution in [2.75, 3.05) is 0 Å². The molecule has 1 aromatic rings. The van der Waals surface area contributed by atoms with Crippen LogP contribution in [-0.4, -0.2) is 17.5 Å². The molecule has 0 heterocycles. The van der Waals surface area contributed by atoms with E-state index in [4.69, 9.17) is 5.11 Å². The van der Waals surface area contributed by atoms with Crippen molar-refractivity contribution in [3.8, 4) is 0 Å². The summed E-state index contributed by atoms with van der Waals surface area (Å²) in [6.07, 6.45) is -2.88. The monoisotopic (exact) mass is 186 g/mol. The van der Waals surface area contributed by atoms with Gasteiger partial charge in [-0.3, -0.25) is 4.79 Å². The second-order valence-electron chi connectivity index (χ2n) is 2.56. The lowest BCUT2D eigenvalue weighted by molar-refractivity contribution is -0.142. The highest BCUT2D eigenvalue weighted by molar-refractivity contribution is 5.76. The molecule has 1 N–H and O–H groups in total. The molecule has 70 valence electrons. The van der Waals surface area contributed by atoms with Crippen LogP contribution in [0.3, 0.4) is 0 Å². The molecule has 2 nitrogen and oxygen atoms in total. The lowest BCUT2D eigenvalue weighted by atomic mass is 10.0. The lowest BCUT2D eigenvalue weighted by Crippen LogP contribution is -2.19. The Kier molecular flexibility index (Phi) is 2.95. The number of aliphatic carboxylic acids is 1. The van der Waals surface area contributed by atoms with Gasteiger partial charge in [0, 0.05) is 0 Å². The van der Waals surface area contributed by atoms with Crippen molar-refractivity contribution in [2.45, 2.75) is 12.3 Å². The van der Waals surface area contributed by atoms with Crippen LogP contribution in [0.4, 0.5) is 8.78 Å². The summed E-state index contributed by atoms with van der Waals surface area (Å²) < 4.78 is 24.5. The van der Waals surface area contributed by atoms with Crippen molar-refractivity contribution in [3.63, 3.8) is 0 Å². The van der Waals surface area contributed by atoms with Crippen LogP contribution in [0.15, 0.2) is 30.3 Å². The predicted octanol–water partition coefficient (Wildman–Crippen LogP) is 2.12. The molecule has 0 spiro atoms. The van der Waals surface area contributed by atoms with Gasteiger partial charge in [-0.25, -0.2) is 8.78 Å². The van der Waals surface area contributed by atoms with E-state index in [0.29, 0.717) is 0 Å². The Bertz CT molecular complexity index is 285. The Hall–Kier alpha value is -1.45. The van der Waals surface area contributed by atoms with Gasteiger partial charge in [0.1, 0.15) is 5.92 Å². The molecule has 0 saturated carbocycles. The third-order valence-electron chi connectivity index (χ3n) is 1.68. The maximum absolute atomic E-state index is 12.3. The lowest BCUT2D eigenvalue weighted by Gasteiger charge is -2.10. The summed E-state index contributed by atoms with van der Waals surface area (Å²) >= 11 is 0. The first-order valence-corrected chi connectivity index (χ1v) is 3.69. The van der Waals surface area contributed by atoms with Gasteiger partial charge < -0.3 is 5.11 Å². The van der Waals surface area contributed by atoms with E-state index in [1.54, 1.807) is 6.07 Å². The minimum absolute atomic E-state index is 0.130. The predicted molar refractivity (Wildman–Crippen MR) is 42.8 cm³/mol. The number of hydrogen-bond donors (Lipinski definition) is 1. The summed E-state index contributed by atoms with van der Waals surface area (Å²) in [4.78, 5) is 10.5. The van der Waals surface area contributed by atoms with Crippen LogP contribution in [0.25, 0.3) is 0 Å². The van der Waals surface area contributed by atoms with E-state index < -0.39 is 18.3 Å². The maximum Gasteiger partial charge on any atom is 0.316 e. The average Bonchev–Trinajstić information content (AvgIpc) is 2.04. The first-order valence-electron chi connectivity index (χ1n) is 3.69. The van der Waals surface area contributed by atoms with Gasteiger partial charge in [-0.1, -0.05) is 30.3 Å². The minimum Gasteiger partial charge on any atom is -0.481 e. The number of carboxylic acid groups (broad SMARTS) is 1. The number of benzene rings is 1. The number of carbonyl (C=O) groups is 1. The number of halogens is 2. The largest absolute Gasteiger partial charge is 0.481 e. The normalized spacial score (nSPS) is 12.8. The smallest absolute Gasteiger partial charge is 0.316 e. The van der Waals surface area contributed by atoms with Crippen molar-refractivity contribution in [1.29, 1.82) is 0 Å². The van der Waals surface area contributed by atoms with Gasteiger partial charge in [0.15, 0.2) is 0 Å². The molecule has 0 bridgehead atoms. The van der Waals surface area contributed by atoms with Crippen LogP contribution in [0, 0.1) is 0 Å². The Morgan fingerprint density at radius 2 is 1.77 bits per heavy atom. The summed E-state index contributed by atoms with van der Waals surface area (Å²) in [5.41, 5.74) is 0.130. The molecule has 4 heteroatoms. The highest BCUT2D eigenvalue weighted by Gasteiger charge is 2.29. The van der Waals surface area contributed by atoms with E-state index >= 15 is 0 Å². The van der Waals surface area contributed by atoms with E-state index in [1.165, 1.54) is 24.3 Å². The zero-order chi connectivity index (χ0) is 9.84. The maximum atomic E-state index is 12.3. The Labute approximate surface area is 73.8 Å². The summed E-state index contributed by atoms with van der Waals surface area (Å²) in [5.74, 6) is -3.22. The number of rotatable bonds is 3. The molecule has 0 aliphatic heterocycles. The van der Waals surface area contributed by atoms with Crippen molar-refractivity contribution >= 4 is 5.97 Å². The van der Waals surface area contributed by atoms with Crippen LogP contribution >= 0.6 is 0 Å². The second-order valence-corrected chi connectivity index (χ2v) is 2.56. The average molecular weight is 186 g/mol. The van der Waals surface area contributed by atoms with Gasteiger partial charge in [-0.15, -0.1) is 0 Å². The molecule has 1 unspecified atom stereocenters. The zero-order valence-electron chi connectivity index (χ0n) is 6.65. The molecule has 0 aliphatic rings. The quantitative estimate of drug-likeness (QED) is 0.784. The van der Waals surface area contributed by atoms with Gasteiger partial charge in [0.2, 0.25) is 0 Å². The fraction of sp³-hybridized carbons (Fsp3) is 0.222. The molecule has 0 fully saturated rings. The molecular weight excluding hydrogens is 178 g/mol. The molecular formula is C9H8F2O2. The fourth-order valence-electron chi connectivity index (χ4n) is 1.06. The second kappa shape index (κ2) is 3.98. The Morgan fingerprint density at radius 3 is 2.15 bits per heavy atom. The number of alkyl halides is 2. The molecule has 0 saturated heterocycles. The number of carboxylic acids is 1. The molecule has 0 aliphatic carbocycles. The van der Waals surface area contributed by atoms with Crippen LogP contribution in [0.2, 0.25) is 0 Å². The standard InChI is InChI=1S/C9H8F2O2/c10-8(11)7(9(12)13)6-4-2-1-3-5-6/h1-5,7-8H,(H,12,13). The van der Waals surface area contributed by atoms with E-state index in [1.807, 2.05) is 0 Å².